The van der Waals surface area contributed by atoms with Crippen LogP contribution in [0.5, 0.6) is 0 Å². The van der Waals surface area contributed by atoms with E-state index in [2.05, 4.69) is 0 Å². The van der Waals surface area contributed by atoms with E-state index in [4.69, 9.17) is 4.74 Å². The van der Waals surface area contributed by atoms with Gasteiger partial charge in [0.25, 0.3) is 0 Å². The monoisotopic (exact) mass is 114 g/mol. The molecule has 0 aliphatic rings. The van der Waals surface area contributed by atoms with Gasteiger partial charge < -0.3 is 4.74 Å². The van der Waals surface area contributed by atoms with Crippen LogP contribution in [0.4, 0.5) is 0 Å². The van der Waals surface area contributed by atoms with Gasteiger partial charge in [0, 0.05) is 0 Å². The summed E-state index contributed by atoms with van der Waals surface area (Å²) in [4.78, 5) is 0. The first-order chi connectivity index (χ1) is 3.77. The van der Waals surface area contributed by atoms with Crippen LogP contribution in [-0.4, -0.2) is 12.7 Å². The van der Waals surface area contributed by atoms with Gasteiger partial charge in [0.15, 0.2) is 0 Å². The molecule has 0 aliphatic heterocycles. The number of rotatable bonds is 3. The normalized spacial score (nSPS) is 11.5. The molecule has 0 aromatic carbocycles. The lowest BCUT2D eigenvalue weighted by Gasteiger charge is -2.01. The average Bonchev–Trinajstić information content (AvgIpc) is 1.66. The molecule has 0 saturated carbocycles. The van der Waals surface area contributed by atoms with Gasteiger partial charge in [0.05, 0.1) is 12.7 Å². The van der Waals surface area contributed by atoms with Crippen LogP contribution >= 0.6 is 0 Å². The average molecular weight is 114 g/mol. The van der Waals surface area contributed by atoms with Gasteiger partial charge in [-0.05, 0) is 20.8 Å². The molecule has 0 rings (SSSR count). The predicted octanol–water partition coefficient (Wildman–Crippen LogP) is 1.99. The zero-order valence-corrected chi connectivity index (χ0v) is 5.85. The summed E-state index contributed by atoms with van der Waals surface area (Å²) in [6.45, 7) is 6.80. The minimum atomic E-state index is 0.353. The zero-order valence-electron chi connectivity index (χ0n) is 5.85. The first kappa shape index (κ1) is 7.70. The highest BCUT2D eigenvalue weighted by atomic mass is 16.5. The largest absolute Gasteiger partial charge is 0.375 e. The number of ether oxygens (including phenoxy) is 1. The van der Waals surface area contributed by atoms with Gasteiger partial charge in [-0.1, -0.05) is 12.2 Å². The summed E-state index contributed by atoms with van der Waals surface area (Å²) in [5.74, 6) is 0. The summed E-state index contributed by atoms with van der Waals surface area (Å²) < 4.78 is 5.20. The molecule has 1 nitrogen and oxygen atoms in total. The van der Waals surface area contributed by atoms with E-state index in [-0.39, 0.29) is 0 Å². The standard InChI is InChI=1S/C7H14O/c1-4-5-6-8-7(2)3/h4-5,7H,6H2,1-3H3/b5-4+. The van der Waals surface area contributed by atoms with E-state index in [1.54, 1.807) is 0 Å². The van der Waals surface area contributed by atoms with Gasteiger partial charge in [-0.3, -0.25) is 0 Å². The maximum absolute atomic E-state index is 5.20. The fourth-order valence-corrected chi connectivity index (χ4v) is 0.344. The van der Waals surface area contributed by atoms with E-state index in [9.17, 15) is 0 Å². The van der Waals surface area contributed by atoms with Gasteiger partial charge in [0.1, 0.15) is 0 Å². The van der Waals surface area contributed by atoms with Crippen LogP contribution in [0.1, 0.15) is 20.8 Å². The maximum Gasteiger partial charge on any atom is 0.0650 e. The predicted molar refractivity (Wildman–Crippen MR) is 35.9 cm³/mol. The van der Waals surface area contributed by atoms with Crippen LogP contribution in [0.15, 0.2) is 12.2 Å². The fourth-order valence-electron chi connectivity index (χ4n) is 0.344. The third-order valence-corrected chi connectivity index (χ3v) is 0.761. The molecule has 8 heavy (non-hydrogen) atoms. The molecule has 0 amide bonds. The topological polar surface area (TPSA) is 9.23 Å². The number of hydrogen-bond acceptors (Lipinski definition) is 1. The molecule has 0 aromatic rings. The minimum absolute atomic E-state index is 0.353. The Bertz CT molecular complexity index is 64.8. The Labute approximate surface area is 51.4 Å². The molecule has 0 unspecified atom stereocenters. The first-order valence-corrected chi connectivity index (χ1v) is 3.00. The first-order valence-electron chi connectivity index (χ1n) is 3.00. The lowest BCUT2D eigenvalue weighted by atomic mass is 10.5. The lowest BCUT2D eigenvalue weighted by molar-refractivity contribution is 0.102. The molecular weight excluding hydrogens is 100 g/mol. The van der Waals surface area contributed by atoms with Crippen molar-refractivity contribution in [3.8, 4) is 0 Å². The molecule has 1 heteroatoms. The summed E-state index contributed by atoms with van der Waals surface area (Å²) in [5, 5.41) is 0. The smallest absolute Gasteiger partial charge is 0.0650 e. The van der Waals surface area contributed by atoms with Crippen molar-refractivity contribution in [2.45, 2.75) is 26.9 Å². The molecule has 48 valence electrons. The second-order valence-corrected chi connectivity index (χ2v) is 1.95. The highest BCUT2D eigenvalue weighted by Crippen LogP contribution is 1.86. The molecule has 0 radical (unpaired) electrons. The summed E-state index contributed by atoms with van der Waals surface area (Å²) in [6, 6.07) is 0. The fraction of sp³-hybridized carbons (Fsp3) is 0.714. The van der Waals surface area contributed by atoms with Crippen molar-refractivity contribution in [1.82, 2.24) is 0 Å². The second-order valence-electron chi connectivity index (χ2n) is 1.95. The van der Waals surface area contributed by atoms with Crippen molar-refractivity contribution < 1.29 is 4.74 Å². The van der Waals surface area contributed by atoms with Gasteiger partial charge in [-0.25, -0.2) is 0 Å². The summed E-state index contributed by atoms with van der Waals surface area (Å²) in [5.41, 5.74) is 0. The van der Waals surface area contributed by atoms with Crippen molar-refractivity contribution in [3.63, 3.8) is 0 Å². The van der Waals surface area contributed by atoms with E-state index < -0.39 is 0 Å². The Hall–Kier alpha value is -0.300. The van der Waals surface area contributed by atoms with Gasteiger partial charge in [0.2, 0.25) is 0 Å². The van der Waals surface area contributed by atoms with Crippen molar-refractivity contribution in [1.29, 1.82) is 0 Å². The molecule has 0 N–H and O–H groups in total. The van der Waals surface area contributed by atoms with Crippen molar-refractivity contribution in [3.05, 3.63) is 12.2 Å². The van der Waals surface area contributed by atoms with Crippen LogP contribution in [0.2, 0.25) is 0 Å². The third-order valence-electron chi connectivity index (χ3n) is 0.761. The van der Waals surface area contributed by atoms with Gasteiger partial charge >= 0.3 is 0 Å². The van der Waals surface area contributed by atoms with Gasteiger partial charge in [-0.15, -0.1) is 0 Å². The summed E-state index contributed by atoms with van der Waals surface area (Å²) in [7, 11) is 0. The van der Waals surface area contributed by atoms with E-state index >= 15 is 0 Å². The molecule has 0 atom stereocenters. The van der Waals surface area contributed by atoms with Gasteiger partial charge in [-0.2, -0.15) is 0 Å². The van der Waals surface area contributed by atoms with Crippen LogP contribution < -0.4 is 0 Å². The van der Waals surface area contributed by atoms with Crippen LogP contribution in [-0.2, 0) is 4.74 Å². The lowest BCUT2D eigenvalue weighted by Crippen LogP contribution is -2.01. The molecule has 0 fully saturated rings. The Balaban J connectivity index is 2.93. The van der Waals surface area contributed by atoms with E-state index in [0.29, 0.717) is 6.10 Å². The van der Waals surface area contributed by atoms with Crippen molar-refractivity contribution in [2.24, 2.45) is 0 Å². The molecule has 0 saturated heterocycles. The summed E-state index contributed by atoms with van der Waals surface area (Å²) in [6.07, 6.45) is 4.34. The van der Waals surface area contributed by atoms with E-state index in [1.165, 1.54) is 0 Å². The molecule has 0 aliphatic carbocycles. The Morgan fingerprint density at radius 1 is 1.50 bits per heavy atom. The highest BCUT2D eigenvalue weighted by molar-refractivity contribution is 4.75. The maximum atomic E-state index is 5.20. The highest BCUT2D eigenvalue weighted by Gasteiger charge is 1.85. The molecule has 0 heterocycles. The van der Waals surface area contributed by atoms with E-state index in [1.807, 2.05) is 32.9 Å². The molecular formula is C7H14O. The third kappa shape index (κ3) is 5.70. The van der Waals surface area contributed by atoms with Crippen LogP contribution in [0.3, 0.4) is 0 Å². The summed E-state index contributed by atoms with van der Waals surface area (Å²) >= 11 is 0. The van der Waals surface area contributed by atoms with E-state index in [0.717, 1.165) is 6.61 Å². The molecule has 0 aromatic heterocycles. The SMILES string of the molecule is C/C=C/COC(C)C. The molecule has 0 bridgehead atoms. The van der Waals surface area contributed by atoms with Crippen molar-refractivity contribution in [2.75, 3.05) is 6.61 Å². The molecule has 0 spiro atoms. The second kappa shape index (κ2) is 4.85. The van der Waals surface area contributed by atoms with Crippen molar-refractivity contribution >= 4 is 0 Å². The quantitative estimate of drug-likeness (QED) is 0.510. The number of allylic oxidation sites excluding steroid dienone is 1. The zero-order chi connectivity index (χ0) is 6.41. The Kier molecular flexibility index (Phi) is 4.67. The Morgan fingerprint density at radius 3 is 2.50 bits per heavy atom. The van der Waals surface area contributed by atoms with Crippen LogP contribution in [0, 0.1) is 0 Å². The Morgan fingerprint density at radius 2 is 2.12 bits per heavy atom. The minimum Gasteiger partial charge on any atom is -0.375 e. The number of hydrogen-bond donors (Lipinski definition) is 0. The van der Waals surface area contributed by atoms with Crippen LogP contribution in [0.25, 0.3) is 0 Å².